The minimum Gasteiger partial charge on any atom is -0.323 e. The van der Waals surface area contributed by atoms with Gasteiger partial charge in [-0.3, -0.25) is 0 Å². The number of benzene rings is 1. The van der Waals surface area contributed by atoms with Crippen LogP contribution in [0.15, 0.2) is 24.3 Å². The van der Waals surface area contributed by atoms with Crippen LogP contribution in [0.1, 0.15) is 12.8 Å². The number of rotatable bonds is 1. The Hall–Kier alpha value is -1.62. The summed E-state index contributed by atoms with van der Waals surface area (Å²) in [4.78, 5) is 16.6. The first-order valence-electron chi connectivity index (χ1n) is 7.13. The van der Waals surface area contributed by atoms with Crippen LogP contribution in [0.4, 0.5) is 14.9 Å². The van der Waals surface area contributed by atoms with Gasteiger partial charge in [-0.15, -0.1) is 0 Å². The van der Waals surface area contributed by atoms with Crippen LogP contribution in [0, 0.1) is 11.7 Å². The van der Waals surface area contributed by atoms with Crippen molar-refractivity contribution in [2.75, 3.05) is 32.0 Å². The molecule has 108 valence electrons. The van der Waals surface area contributed by atoms with Gasteiger partial charge in [0.15, 0.2) is 0 Å². The van der Waals surface area contributed by atoms with E-state index in [0.29, 0.717) is 17.6 Å². The van der Waals surface area contributed by atoms with Crippen molar-refractivity contribution < 1.29 is 9.18 Å². The maximum absolute atomic E-state index is 13.1. The number of nitrogens with zero attached hydrogens (tertiary/aromatic N) is 2. The number of carbonyl (C=O) groups excluding carboxylic acids is 1. The summed E-state index contributed by atoms with van der Waals surface area (Å²) in [5.41, 5.74) is 0.514. The summed E-state index contributed by atoms with van der Waals surface area (Å²) < 4.78 is 13.1. The molecule has 4 nitrogen and oxygen atoms in total. The molecule has 3 saturated heterocycles. The zero-order valence-electron chi connectivity index (χ0n) is 11.7. The van der Waals surface area contributed by atoms with Gasteiger partial charge >= 0.3 is 6.03 Å². The largest absolute Gasteiger partial charge is 0.323 e. The molecule has 3 fully saturated rings. The molecule has 1 aromatic rings. The van der Waals surface area contributed by atoms with E-state index >= 15 is 0 Å². The van der Waals surface area contributed by atoms with E-state index in [1.807, 2.05) is 4.90 Å². The smallest absolute Gasteiger partial charge is 0.321 e. The van der Waals surface area contributed by atoms with Gasteiger partial charge in [-0.25, -0.2) is 9.18 Å². The summed E-state index contributed by atoms with van der Waals surface area (Å²) in [5, 5.41) is 2.79. The highest BCUT2D eigenvalue weighted by atomic mass is 19.1. The van der Waals surface area contributed by atoms with E-state index < -0.39 is 0 Å². The first kappa shape index (κ1) is 13.4. The number of fused-ring (bicyclic) bond motifs is 4. The Kier molecular flexibility index (Phi) is 3.61. The second-order valence-corrected chi connectivity index (χ2v) is 5.88. The number of carbonyl (C=O) groups is 1. The molecule has 0 unspecified atom stereocenters. The maximum Gasteiger partial charge on any atom is 0.321 e. The van der Waals surface area contributed by atoms with Crippen LogP contribution >= 0.6 is 0 Å². The summed E-state index contributed by atoms with van der Waals surface area (Å²) in [7, 11) is 2.13. The summed E-state index contributed by atoms with van der Waals surface area (Å²) in [6.07, 6.45) is 2.35. The van der Waals surface area contributed by atoms with E-state index in [9.17, 15) is 9.18 Å². The number of hydrogen-bond donors (Lipinski definition) is 1. The monoisotopic (exact) mass is 277 g/mol. The second kappa shape index (κ2) is 5.40. The van der Waals surface area contributed by atoms with Gasteiger partial charge in [-0.2, -0.15) is 0 Å². The third-order valence-corrected chi connectivity index (χ3v) is 4.35. The first-order valence-corrected chi connectivity index (χ1v) is 7.13. The second-order valence-electron chi connectivity index (χ2n) is 5.88. The zero-order valence-corrected chi connectivity index (χ0v) is 11.7. The Morgan fingerprint density at radius 3 is 2.90 bits per heavy atom. The van der Waals surface area contributed by atoms with Crippen LogP contribution in [0.5, 0.6) is 0 Å². The van der Waals surface area contributed by atoms with Gasteiger partial charge < -0.3 is 15.1 Å². The Balaban J connectivity index is 1.68. The van der Waals surface area contributed by atoms with Crippen molar-refractivity contribution in [3.05, 3.63) is 30.1 Å². The topological polar surface area (TPSA) is 35.6 Å². The fourth-order valence-electron chi connectivity index (χ4n) is 3.25. The zero-order chi connectivity index (χ0) is 14.1. The predicted molar refractivity (Wildman–Crippen MR) is 76.1 cm³/mol. The van der Waals surface area contributed by atoms with Crippen LogP contribution in [-0.2, 0) is 0 Å². The molecular formula is C15H20FN3O. The molecule has 20 heavy (non-hydrogen) atoms. The highest BCUT2D eigenvalue weighted by Gasteiger charge is 2.34. The van der Waals surface area contributed by atoms with Crippen LogP contribution in [-0.4, -0.2) is 48.6 Å². The molecule has 5 heteroatoms. The summed E-state index contributed by atoms with van der Waals surface area (Å²) >= 11 is 0. The van der Waals surface area contributed by atoms with E-state index in [1.165, 1.54) is 18.6 Å². The third-order valence-electron chi connectivity index (χ3n) is 4.35. The fourth-order valence-corrected chi connectivity index (χ4v) is 3.25. The molecule has 2 atom stereocenters. The van der Waals surface area contributed by atoms with Crippen molar-refractivity contribution in [2.24, 2.45) is 5.92 Å². The van der Waals surface area contributed by atoms with Gasteiger partial charge in [0.1, 0.15) is 5.82 Å². The quantitative estimate of drug-likeness (QED) is 0.855. The number of anilines is 1. The van der Waals surface area contributed by atoms with Crippen molar-refractivity contribution in [3.8, 4) is 0 Å². The highest BCUT2D eigenvalue weighted by molar-refractivity contribution is 5.89. The van der Waals surface area contributed by atoms with Crippen molar-refractivity contribution in [1.82, 2.24) is 9.80 Å². The number of piperidine rings is 1. The van der Waals surface area contributed by atoms with Crippen LogP contribution in [0.3, 0.4) is 0 Å². The SMILES string of the molecule is CN1C[C@H]2CC[C@@H]1CN(C(=O)Nc1cccc(F)c1)C2. The first-order chi connectivity index (χ1) is 9.61. The van der Waals surface area contributed by atoms with Crippen LogP contribution in [0.25, 0.3) is 0 Å². The van der Waals surface area contributed by atoms with E-state index in [1.54, 1.807) is 12.1 Å². The third kappa shape index (κ3) is 2.77. The summed E-state index contributed by atoms with van der Waals surface area (Å²) in [5.74, 6) is 0.218. The number of halogens is 1. The molecule has 0 aliphatic carbocycles. The molecule has 3 heterocycles. The molecule has 3 aliphatic rings. The fraction of sp³-hybridized carbons (Fsp3) is 0.533. The number of hydrogen-bond acceptors (Lipinski definition) is 2. The lowest BCUT2D eigenvalue weighted by Crippen LogP contribution is -2.42. The van der Waals surface area contributed by atoms with Crippen LogP contribution in [0.2, 0.25) is 0 Å². The molecule has 0 saturated carbocycles. The number of amides is 2. The molecule has 1 aromatic carbocycles. The molecule has 4 rings (SSSR count). The van der Waals surface area contributed by atoms with E-state index in [-0.39, 0.29) is 11.8 Å². The summed E-state index contributed by atoms with van der Waals surface area (Å²) in [6, 6.07) is 6.35. The van der Waals surface area contributed by atoms with E-state index in [0.717, 1.165) is 26.1 Å². The Bertz CT molecular complexity index is 508. The molecule has 0 spiro atoms. The van der Waals surface area contributed by atoms with Gasteiger partial charge in [-0.1, -0.05) is 6.07 Å². The number of nitrogens with one attached hydrogen (secondary N) is 1. The predicted octanol–water partition coefficient (Wildman–Crippen LogP) is 2.38. The molecule has 0 aromatic heterocycles. The van der Waals surface area contributed by atoms with Crippen molar-refractivity contribution in [2.45, 2.75) is 18.9 Å². The molecule has 3 aliphatic heterocycles. The van der Waals surface area contributed by atoms with Crippen molar-refractivity contribution in [1.29, 1.82) is 0 Å². The number of urea groups is 1. The van der Waals surface area contributed by atoms with Gasteiger partial charge in [0.05, 0.1) is 0 Å². The molecule has 2 amide bonds. The Morgan fingerprint density at radius 2 is 2.15 bits per heavy atom. The lowest BCUT2D eigenvalue weighted by Gasteiger charge is -2.32. The van der Waals surface area contributed by atoms with Gasteiger partial charge in [0.25, 0.3) is 0 Å². The standard InChI is InChI=1S/C15H20FN3O/c1-18-8-11-5-6-14(18)10-19(9-11)15(20)17-13-4-2-3-12(16)7-13/h2-4,7,11,14H,5-6,8-10H2,1H3,(H,17,20)/t11-,14-/m1/s1. The maximum atomic E-state index is 13.1. The summed E-state index contributed by atoms with van der Waals surface area (Å²) in [6.45, 7) is 2.62. The molecular weight excluding hydrogens is 257 g/mol. The highest BCUT2D eigenvalue weighted by Crippen LogP contribution is 2.27. The van der Waals surface area contributed by atoms with Crippen LogP contribution < -0.4 is 5.32 Å². The minimum absolute atomic E-state index is 0.122. The average molecular weight is 277 g/mol. The van der Waals surface area contributed by atoms with Gasteiger partial charge in [-0.05, 0) is 44.0 Å². The number of likely N-dealkylation sites (N-methyl/N-ethyl adjacent to an activating group) is 1. The van der Waals surface area contributed by atoms with E-state index in [4.69, 9.17) is 0 Å². The normalized spacial score (nSPS) is 26.4. The Morgan fingerprint density at radius 1 is 1.30 bits per heavy atom. The van der Waals surface area contributed by atoms with Crippen molar-refractivity contribution >= 4 is 11.7 Å². The average Bonchev–Trinajstić information content (AvgIpc) is 2.70. The van der Waals surface area contributed by atoms with Gasteiger partial charge in [0.2, 0.25) is 0 Å². The molecule has 2 bridgehead atoms. The Labute approximate surface area is 118 Å². The van der Waals surface area contributed by atoms with Gasteiger partial charge in [0, 0.05) is 31.4 Å². The van der Waals surface area contributed by atoms with E-state index in [2.05, 4.69) is 17.3 Å². The lowest BCUT2D eigenvalue weighted by molar-refractivity contribution is 0.166. The molecule has 0 radical (unpaired) electrons. The minimum atomic E-state index is -0.335. The van der Waals surface area contributed by atoms with Crippen molar-refractivity contribution in [3.63, 3.8) is 0 Å². The lowest BCUT2D eigenvalue weighted by atomic mass is 9.96. The molecule has 1 N–H and O–H groups in total.